The second kappa shape index (κ2) is 7.55. The lowest BCUT2D eigenvalue weighted by molar-refractivity contribution is 0.351. The van der Waals surface area contributed by atoms with Gasteiger partial charge in [-0.1, -0.05) is 12.8 Å². The Morgan fingerprint density at radius 3 is 2.10 bits per heavy atom. The van der Waals surface area contributed by atoms with Gasteiger partial charge in [0.05, 0.1) is 26.9 Å². The standard InChI is InChI=1S/C17H27NO3/c1-12(13-7-5-6-8-13)18-11-15-16(20-3)9-14(19-2)10-17(15)21-4/h9-10,12-13,18H,5-8,11H2,1-4H3. The van der Waals surface area contributed by atoms with E-state index < -0.39 is 0 Å². The zero-order chi connectivity index (χ0) is 15.2. The Bertz CT molecular complexity index is 430. The number of hydrogen-bond acceptors (Lipinski definition) is 4. The van der Waals surface area contributed by atoms with Crippen LogP contribution in [0.25, 0.3) is 0 Å². The van der Waals surface area contributed by atoms with Gasteiger partial charge in [-0.25, -0.2) is 0 Å². The van der Waals surface area contributed by atoms with Gasteiger partial charge >= 0.3 is 0 Å². The summed E-state index contributed by atoms with van der Waals surface area (Å²) in [6.07, 6.45) is 5.41. The molecule has 1 aliphatic rings. The summed E-state index contributed by atoms with van der Waals surface area (Å²) in [4.78, 5) is 0. The van der Waals surface area contributed by atoms with E-state index in [4.69, 9.17) is 14.2 Å². The molecule has 0 saturated heterocycles. The van der Waals surface area contributed by atoms with Gasteiger partial charge in [-0.3, -0.25) is 0 Å². The predicted octanol–water partition coefficient (Wildman–Crippen LogP) is 3.38. The summed E-state index contributed by atoms with van der Waals surface area (Å²) in [6.45, 7) is 3.02. The van der Waals surface area contributed by atoms with Crippen molar-refractivity contribution < 1.29 is 14.2 Å². The molecule has 1 unspecified atom stereocenters. The summed E-state index contributed by atoms with van der Waals surface area (Å²) in [6, 6.07) is 4.32. The van der Waals surface area contributed by atoms with Gasteiger partial charge in [-0.2, -0.15) is 0 Å². The molecule has 4 nitrogen and oxygen atoms in total. The van der Waals surface area contributed by atoms with Crippen LogP contribution in [0, 0.1) is 5.92 Å². The highest BCUT2D eigenvalue weighted by Gasteiger charge is 2.22. The highest BCUT2D eigenvalue weighted by Crippen LogP contribution is 2.34. The van der Waals surface area contributed by atoms with E-state index in [1.165, 1.54) is 25.7 Å². The average molecular weight is 293 g/mol. The van der Waals surface area contributed by atoms with Crippen molar-refractivity contribution in [3.8, 4) is 17.2 Å². The van der Waals surface area contributed by atoms with E-state index in [0.717, 1.165) is 35.3 Å². The van der Waals surface area contributed by atoms with Crippen molar-refractivity contribution in [1.29, 1.82) is 0 Å². The first-order valence-electron chi connectivity index (χ1n) is 7.71. The Kier molecular flexibility index (Phi) is 5.74. The van der Waals surface area contributed by atoms with Gasteiger partial charge in [0.25, 0.3) is 0 Å². The molecule has 0 spiro atoms. The average Bonchev–Trinajstić information content (AvgIpc) is 3.06. The van der Waals surface area contributed by atoms with Crippen LogP contribution in [0.2, 0.25) is 0 Å². The first kappa shape index (κ1) is 16.0. The zero-order valence-electron chi connectivity index (χ0n) is 13.6. The minimum absolute atomic E-state index is 0.518. The van der Waals surface area contributed by atoms with Crippen molar-refractivity contribution in [3.05, 3.63) is 17.7 Å². The molecule has 1 aromatic rings. The van der Waals surface area contributed by atoms with Crippen molar-refractivity contribution in [2.75, 3.05) is 21.3 Å². The van der Waals surface area contributed by atoms with Crippen LogP contribution in [0.1, 0.15) is 38.2 Å². The quantitative estimate of drug-likeness (QED) is 0.836. The van der Waals surface area contributed by atoms with Crippen molar-refractivity contribution >= 4 is 0 Å². The van der Waals surface area contributed by atoms with E-state index in [1.807, 2.05) is 12.1 Å². The number of ether oxygens (including phenoxy) is 3. The van der Waals surface area contributed by atoms with Gasteiger partial charge in [-0.05, 0) is 25.7 Å². The Morgan fingerprint density at radius 1 is 1.05 bits per heavy atom. The molecule has 1 saturated carbocycles. The third-order valence-corrected chi connectivity index (χ3v) is 4.52. The fourth-order valence-corrected chi connectivity index (χ4v) is 3.14. The van der Waals surface area contributed by atoms with Crippen LogP contribution in [0.4, 0.5) is 0 Å². The first-order chi connectivity index (χ1) is 10.2. The first-order valence-corrected chi connectivity index (χ1v) is 7.71. The molecular formula is C17H27NO3. The number of rotatable bonds is 7. The molecule has 118 valence electrons. The van der Waals surface area contributed by atoms with E-state index >= 15 is 0 Å². The molecule has 1 fully saturated rings. The van der Waals surface area contributed by atoms with Crippen LogP contribution in [0.3, 0.4) is 0 Å². The smallest absolute Gasteiger partial charge is 0.130 e. The molecule has 0 heterocycles. The molecule has 1 aliphatic carbocycles. The highest BCUT2D eigenvalue weighted by molar-refractivity contribution is 5.50. The largest absolute Gasteiger partial charge is 0.496 e. The summed E-state index contributed by atoms with van der Waals surface area (Å²) in [5.74, 6) is 3.14. The molecule has 4 heteroatoms. The maximum atomic E-state index is 5.49. The summed E-state index contributed by atoms with van der Waals surface area (Å²) < 4.78 is 16.3. The zero-order valence-corrected chi connectivity index (χ0v) is 13.6. The van der Waals surface area contributed by atoms with Crippen LogP contribution < -0.4 is 19.5 Å². The molecule has 21 heavy (non-hydrogen) atoms. The van der Waals surface area contributed by atoms with Crippen molar-refractivity contribution in [2.24, 2.45) is 5.92 Å². The third kappa shape index (κ3) is 3.82. The Labute approximate surface area is 127 Å². The molecule has 0 bridgehead atoms. The van der Waals surface area contributed by atoms with Crippen molar-refractivity contribution in [3.63, 3.8) is 0 Å². The SMILES string of the molecule is COc1cc(OC)c(CNC(C)C2CCCC2)c(OC)c1. The fraction of sp³-hybridized carbons (Fsp3) is 0.647. The molecule has 0 aliphatic heterocycles. The van der Waals surface area contributed by atoms with Gasteiger partial charge in [-0.15, -0.1) is 0 Å². The molecule has 0 aromatic heterocycles. The topological polar surface area (TPSA) is 39.7 Å². The normalized spacial score (nSPS) is 16.8. The fourth-order valence-electron chi connectivity index (χ4n) is 3.14. The summed E-state index contributed by atoms with van der Waals surface area (Å²) in [5.41, 5.74) is 1.05. The minimum atomic E-state index is 0.518. The molecular weight excluding hydrogens is 266 g/mol. The monoisotopic (exact) mass is 293 g/mol. The summed E-state index contributed by atoms with van der Waals surface area (Å²) >= 11 is 0. The van der Waals surface area contributed by atoms with Crippen molar-refractivity contribution in [1.82, 2.24) is 5.32 Å². The van der Waals surface area contributed by atoms with Gasteiger partial charge < -0.3 is 19.5 Å². The summed E-state index contributed by atoms with van der Waals surface area (Å²) in [7, 11) is 5.00. The van der Waals surface area contributed by atoms with E-state index in [2.05, 4.69) is 12.2 Å². The number of methoxy groups -OCH3 is 3. The summed E-state index contributed by atoms with van der Waals surface area (Å²) in [5, 5.41) is 3.63. The van der Waals surface area contributed by atoms with Crippen molar-refractivity contribution in [2.45, 2.75) is 45.2 Å². The Balaban J connectivity index is 2.10. The van der Waals surface area contributed by atoms with Gasteiger partial charge in [0.1, 0.15) is 17.2 Å². The van der Waals surface area contributed by atoms with Gasteiger partial charge in [0, 0.05) is 24.7 Å². The van der Waals surface area contributed by atoms with Crippen LogP contribution >= 0.6 is 0 Å². The molecule has 1 atom stereocenters. The lowest BCUT2D eigenvalue weighted by atomic mass is 9.99. The Hall–Kier alpha value is -1.42. The molecule has 1 N–H and O–H groups in total. The third-order valence-electron chi connectivity index (χ3n) is 4.52. The maximum absolute atomic E-state index is 5.49. The van der Waals surface area contributed by atoms with E-state index in [0.29, 0.717) is 6.04 Å². The van der Waals surface area contributed by atoms with Crippen LogP contribution in [0.15, 0.2) is 12.1 Å². The lowest BCUT2D eigenvalue weighted by Gasteiger charge is -2.22. The van der Waals surface area contributed by atoms with Crippen LogP contribution in [0.5, 0.6) is 17.2 Å². The molecule has 0 radical (unpaired) electrons. The van der Waals surface area contributed by atoms with Gasteiger partial charge in [0.2, 0.25) is 0 Å². The second-order valence-corrected chi connectivity index (χ2v) is 5.72. The Morgan fingerprint density at radius 2 is 1.62 bits per heavy atom. The minimum Gasteiger partial charge on any atom is -0.496 e. The number of benzene rings is 1. The maximum Gasteiger partial charge on any atom is 0.130 e. The highest BCUT2D eigenvalue weighted by atomic mass is 16.5. The van der Waals surface area contributed by atoms with Crippen LogP contribution in [-0.2, 0) is 6.54 Å². The predicted molar refractivity (Wildman–Crippen MR) is 84.4 cm³/mol. The lowest BCUT2D eigenvalue weighted by Crippen LogP contribution is -2.32. The van der Waals surface area contributed by atoms with E-state index in [9.17, 15) is 0 Å². The van der Waals surface area contributed by atoms with E-state index in [1.54, 1.807) is 21.3 Å². The molecule has 0 amide bonds. The van der Waals surface area contributed by atoms with Gasteiger partial charge in [0.15, 0.2) is 0 Å². The number of hydrogen-bond donors (Lipinski definition) is 1. The van der Waals surface area contributed by atoms with E-state index in [-0.39, 0.29) is 0 Å². The molecule has 1 aromatic carbocycles. The second-order valence-electron chi connectivity index (χ2n) is 5.72. The van der Waals surface area contributed by atoms with Crippen LogP contribution in [-0.4, -0.2) is 27.4 Å². The number of nitrogens with one attached hydrogen (secondary N) is 1. The molecule has 2 rings (SSSR count).